The lowest BCUT2D eigenvalue weighted by atomic mass is 9.99. The van der Waals surface area contributed by atoms with Crippen molar-refractivity contribution >= 4 is 34.7 Å². The minimum Gasteiger partial charge on any atom is -0.350 e. The van der Waals surface area contributed by atoms with Crippen LogP contribution in [0.25, 0.3) is 5.57 Å². The first-order valence-corrected chi connectivity index (χ1v) is 10.5. The molecular weight excluding hydrogens is 408 g/mol. The van der Waals surface area contributed by atoms with Crippen LogP contribution in [-0.2, 0) is 16.1 Å². The molecule has 5 heteroatoms. The van der Waals surface area contributed by atoms with Crippen LogP contribution in [0.15, 0.2) is 72.4 Å². The van der Waals surface area contributed by atoms with Gasteiger partial charge in [0.05, 0.1) is 12.1 Å². The first kappa shape index (κ1) is 20.9. The van der Waals surface area contributed by atoms with Crippen molar-refractivity contribution in [3.63, 3.8) is 0 Å². The summed E-state index contributed by atoms with van der Waals surface area (Å²) in [6, 6.07) is 20.7. The number of imide groups is 1. The molecule has 0 aromatic heterocycles. The Morgan fingerprint density at radius 3 is 2.23 bits per heavy atom. The van der Waals surface area contributed by atoms with E-state index in [9.17, 15) is 9.59 Å². The molecule has 0 atom stereocenters. The number of hydrogen-bond acceptors (Lipinski definition) is 3. The van der Waals surface area contributed by atoms with Gasteiger partial charge in [-0.2, -0.15) is 0 Å². The zero-order valence-corrected chi connectivity index (χ0v) is 18.5. The van der Waals surface area contributed by atoms with Crippen molar-refractivity contribution in [1.82, 2.24) is 4.90 Å². The molecule has 31 heavy (non-hydrogen) atoms. The molecule has 0 aliphatic carbocycles. The van der Waals surface area contributed by atoms with Gasteiger partial charge in [-0.15, -0.1) is 0 Å². The van der Waals surface area contributed by atoms with Crippen molar-refractivity contribution in [2.75, 3.05) is 5.32 Å². The van der Waals surface area contributed by atoms with Gasteiger partial charge in [0.25, 0.3) is 11.8 Å². The van der Waals surface area contributed by atoms with Gasteiger partial charge in [0.15, 0.2) is 0 Å². The number of nitrogens with one attached hydrogen (secondary N) is 1. The first-order valence-electron chi connectivity index (χ1n) is 10.1. The Labute approximate surface area is 187 Å². The predicted octanol–water partition coefficient (Wildman–Crippen LogP) is 5.66. The van der Waals surface area contributed by atoms with Crippen LogP contribution in [0.5, 0.6) is 0 Å². The third-order valence-corrected chi connectivity index (χ3v) is 5.83. The Balaban J connectivity index is 1.79. The summed E-state index contributed by atoms with van der Waals surface area (Å²) >= 11 is 6.09. The van der Waals surface area contributed by atoms with Crippen LogP contribution in [-0.4, -0.2) is 16.7 Å². The van der Waals surface area contributed by atoms with Crippen LogP contribution in [0, 0.1) is 20.8 Å². The van der Waals surface area contributed by atoms with E-state index in [1.54, 1.807) is 6.07 Å². The molecule has 156 valence electrons. The predicted molar refractivity (Wildman–Crippen MR) is 125 cm³/mol. The third-order valence-electron chi connectivity index (χ3n) is 5.60. The second-order valence-corrected chi connectivity index (χ2v) is 8.25. The van der Waals surface area contributed by atoms with E-state index in [2.05, 4.69) is 5.32 Å². The standard InChI is InChI=1S/C26H23ClN2O2/c1-16-9-10-20(13-17(16)2)23-24(28-22-12-11-21(27)14-18(22)3)26(31)29(25(23)30)15-19-7-5-4-6-8-19/h4-14,28H,15H2,1-3H3. The highest BCUT2D eigenvalue weighted by molar-refractivity contribution is 6.36. The molecule has 0 unspecified atom stereocenters. The monoisotopic (exact) mass is 430 g/mol. The van der Waals surface area contributed by atoms with E-state index in [4.69, 9.17) is 11.6 Å². The highest BCUT2D eigenvalue weighted by Gasteiger charge is 2.39. The zero-order valence-electron chi connectivity index (χ0n) is 17.7. The molecule has 0 saturated heterocycles. The maximum Gasteiger partial charge on any atom is 0.278 e. The number of aryl methyl sites for hydroxylation is 3. The lowest BCUT2D eigenvalue weighted by molar-refractivity contribution is -0.137. The molecule has 3 aromatic carbocycles. The van der Waals surface area contributed by atoms with Gasteiger partial charge in [-0.25, -0.2) is 0 Å². The summed E-state index contributed by atoms with van der Waals surface area (Å²) < 4.78 is 0. The van der Waals surface area contributed by atoms with Crippen molar-refractivity contribution < 1.29 is 9.59 Å². The highest BCUT2D eigenvalue weighted by Crippen LogP contribution is 2.33. The molecule has 1 aliphatic heterocycles. The molecule has 0 radical (unpaired) electrons. The van der Waals surface area contributed by atoms with Gasteiger partial charge in [-0.3, -0.25) is 14.5 Å². The number of hydrogen-bond donors (Lipinski definition) is 1. The maximum absolute atomic E-state index is 13.4. The number of halogens is 1. The fraction of sp³-hybridized carbons (Fsp3) is 0.154. The zero-order chi connectivity index (χ0) is 22.1. The molecule has 0 spiro atoms. The van der Waals surface area contributed by atoms with Crippen molar-refractivity contribution in [3.05, 3.63) is 105 Å². The number of amides is 2. The molecule has 1 heterocycles. The molecule has 0 bridgehead atoms. The van der Waals surface area contributed by atoms with E-state index in [1.165, 1.54) is 4.90 Å². The van der Waals surface area contributed by atoms with Crippen LogP contribution in [0.2, 0.25) is 5.02 Å². The third kappa shape index (κ3) is 4.12. The number of anilines is 1. The Bertz CT molecular complexity index is 1220. The van der Waals surface area contributed by atoms with Crippen molar-refractivity contribution in [2.24, 2.45) is 0 Å². The van der Waals surface area contributed by atoms with Crippen molar-refractivity contribution in [3.8, 4) is 0 Å². The average Bonchev–Trinajstić information content (AvgIpc) is 2.97. The van der Waals surface area contributed by atoms with Gasteiger partial charge in [0, 0.05) is 10.7 Å². The average molecular weight is 431 g/mol. The molecule has 3 aromatic rings. The van der Waals surface area contributed by atoms with Crippen molar-refractivity contribution in [2.45, 2.75) is 27.3 Å². The normalized spacial score (nSPS) is 13.9. The smallest absolute Gasteiger partial charge is 0.278 e. The Kier molecular flexibility index (Phi) is 5.66. The largest absolute Gasteiger partial charge is 0.350 e. The first-order chi connectivity index (χ1) is 14.8. The van der Waals surface area contributed by atoms with E-state index >= 15 is 0 Å². The topological polar surface area (TPSA) is 49.4 Å². The number of rotatable bonds is 5. The summed E-state index contributed by atoms with van der Waals surface area (Å²) in [4.78, 5) is 28.1. The van der Waals surface area contributed by atoms with Crippen LogP contribution in [0.4, 0.5) is 5.69 Å². The molecule has 1 aliphatic rings. The maximum atomic E-state index is 13.4. The second kappa shape index (κ2) is 8.40. The molecule has 4 rings (SSSR count). The van der Waals surface area contributed by atoms with Gasteiger partial charge in [0.1, 0.15) is 5.70 Å². The number of nitrogens with zero attached hydrogens (tertiary/aromatic N) is 1. The Morgan fingerprint density at radius 2 is 1.55 bits per heavy atom. The highest BCUT2D eigenvalue weighted by atomic mass is 35.5. The van der Waals surface area contributed by atoms with E-state index in [0.717, 1.165) is 33.5 Å². The molecule has 0 fully saturated rings. The second-order valence-electron chi connectivity index (χ2n) is 7.82. The Hall–Kier alpha value is -3.37. The van der Waals surface area contributed by atoms with Crippen LogP contribution < -0.4 is 5.32 Å². The van der Waals surface area contributed by atoms with Gasteiger partial charge in [-0.1, -0.05) is 60.1 Å². The minimum atomic E-state index is -0.337. The summed E-state index contributed by atoms with van der Waals surface area (Å²) in [6.07, 6.45) is 0. The van der Waals surface area contributed by atoms with Gasteiger partial charge >= 0.3 is 0 Å². The Morgan fingerprint density at radius 1 is 0.806 bits per heavy atom. The van der Waals surface area contributed by atoms with Crippen LogP contribution in [0.1, 0.15) is 27.8 Å². The van der Waals surface area contributed by atoms with E-state index in [0.29, 0.717) is 10.6 Å². The molecule has 1 N–H and O–H groups in total. The summed E-state index contributed by atoms with van der Waals surface area (Å²) in [5, 5.41) is 3.84. The van der Waals surface area contributed by atoms with Crippen LogP contribution >= 0.6 is 11.6 Å². The number of benzene rings is 3. The summed E-state index contributed by atoms with van der Waals surface area (Å²) in [5.41, 5.74) is 6.12. The van der Waals surface area contributed by atoms with E-state index in [-0.39, 0.29) is 24.1 Å². The molecular formula is C26H23ClN2O2. The summed E-state index contributed by atoms with van der Waals surface area (Å²) in [5.74, 6) is -0.636. The van der Waals surface area contributed by atoms with Gasteiger partial charge < -0.3 is 5.32 Å². The van der Waals surface area contributed by atoms with Gasteiger partial charge in [-0.05, 0) is 66.8 Å². The number of carbonyl (C=O) groups excluding carboxylic acids is 2. The lowest BCUT2D eigenvalue weighted by Gasteiger charge is -2.16. The summed E-state index contributed by atoms with van der Waals surface area (Å²) in [7, 11) is 0. The fourth-order valence-corrected chi connectivity index (χ4v) is 3.89. The molecule has 0 saturated carbocycles. The van der Waals surface area contributed by atoms with E-state index < -0.39 is 0 Å². The minimum absolute atomic E-state index is 0.220. The molecule has 4 nitrogen and oxygen atoms in total. The number of carbonyl (C=O) groups is 2. The molecule has 2 amide bonds. The SMILES string of the molecule is Cc1ccc(C2=C(Nc3ccc(Cl)cc3C)C(=O)N(Cc3ccccc3)C2=O)cc1C. The fourth-order valence-electron chi connectivity index (χ4n) is 3.67. The lowest BCUT2D eigenvalue weighted by Crippen LogP contribution is -2.32. The quantitative estimate of drug-likeness (QED) is 0.531. The van der Waals surface area contributed by atoms with Crippen molar-refractivity contribution in [1.29, 1.82) is 0 Å². The van der Waals surface area contributed by atoms with E-state index in [1.807, 2.05) is 81.4 Å². The van der Waals surface area contributed by atoms with Crippen LogP contribution in [0.3, 0.4) is 0 Å². The van der Waals surface area contributed by atoms with Gasteiger partial charge in [0.2, 0.25) is 0 Å². The summed E-state index contributed by atoms with van der Waals surface area (Å²) in [6.45, 7) is 6.15.